The van der Waals surface area contributed by atoms with Crippen LogP contribution in [0.4, 0.5) is 0 Å². The lowest BCUT2D eigenvalue weighted by atomic mass is 10.1. The molecule has 0 saturated heterocycles. The molecular formula is C37H42N4O2. The van der Waals surface area contributed by atoms with E-state index in [-0.39, 0.29) is 0 Å². The zero-order valence-corrected chi connectivity index (χ0v) is 25.9. The third-order valence-electron chi connectivity index (χ3n) is 6.49. The van der Waals surface area contributed by atoms with E-state index in [9.17, 15) is 0 Å². The van der Waals surface area contributed by atoms with Crippen molar-refractivity contribution in [3.05, 3.63) is 107 Å². The topological polar surface area (TPSA) is 70.0 Å². The van der Waals surface area contributed by atoms with E-state index in [0.717, 1.165) is 24.0 Å². The van der Waals surface area contributed by atoms with Crippen molar-refractivity contribution in [1.29, 1.82) is 0 Å². The summed E-state index contributed by atoms with van der Waals surface area (Å²) in [6.07, 6.45) is 16.4. The van der Waals surface area contributed by atoms with Gasteiger partial charge < -0.3 is 9.47 Å². The molecular weight excluding hydrogens is 532 g/mol. The van der Waals surface area contributed by atoms with Gasteiger partial charge >= 0.3 is 0 Å². The average molecular weight is 575 g/mol. The van der Waals surface area contributed by atoms with Gasteiger partial charge in [0, 0.05) is 11.1 Å². The number of rotatable bonds is 11. The van der Waals surface area contributed by atoms with Crippen molar-refractivity contribution in [1.82, 2.24) is 19.9 Å². The van der Waals surface area contributed by atoms with Gasteiger partial charge in [0.2, 0.25) is 11.6 Å². The van der Waals surface area contributed by atoms with Crippen molar-refractivity contribution in [2.75, 3.05) is 13.7 Å². The zero-order chi connectivity index (χ0) is 30.5. The molecule has 6 heteroatoms. The Hall–Kier alpha value is -4.68. The Balaban J connectivity index is 0.000000236. The summed E-state index contributed by atoms with van der Waals surface area (Å²) >= 11 is 0. The highest BCUT2D eigenvalue weighted by Gasteiger charge is 1.97. The normalized spacial score (nSPS) is 9.86. The fraction of sp³-hybridized carbons (Fsp3) is 0.351. The van der Waals surface area contributed by atoms with E-state index in [1.165, 1.54) is 49.7 Å². The molecule has 0 aliphatic rings. The first-order chi connectivity index (χ1) is 21.1. The number of hydrogen-bond acceptors (Lipinski definition) is 6. The molecule has 2 heterocycles. The molecule has 0 fully saturated rings. The predicted octanol–water partition coefficient (Wildman–Crippen LogP) is 7.63. The number of benzene rings is 2. The molecule has 0 unspecified atom stereocenters. The van der Waals surface area contributed by atoms with Crippen molar-refractivity contribution in [2.24, 2.45) is 0 Å². The van der Waals surface area contributed by atoms with Crippen LogP contribution in [-0.4, -0.2) is 33.7 Å². The Morgan fingerprint density at radius 3 is 1.33 bits per heavy atom. The van der Waals surface area contributed by atoms with Crippen molar-refractivity contribution >= 4 is 0 Å². The van der Waals surface area contributed by atoms with E-state index in [0.29, 0.717) is 29.8 Å². The minimum absolute atomic E-state index is 0.503. The fourth-order valence-electron chi connectivity index (χ4n) is 4.03. The Morgan fingerprint density at radius 1 is 0.535 bits per heavy atom. The molecule has 4 aromatic rings. The maximum absolute atomic E-state index is 5.30. The first-order valence-electron chi connectivity index (χ1n) is 15.2. The highest BCUT2D eigenvalue weighted by atomic mass is 16.5. The van der Waals surface area contributed by atoms with Crippen molar-refractivity contribution in [2.45, 2.75) is 72.1 Å². The lowest BCUT2D eigenvalue weighted by Crippen LogP contribution is -1.95. The largest absolute Gasteiger partial charge is 0.494 e. The number of nitrogens with zero attached hydrogens (tertiary/aromatic N) is 4. The molecule has 4 rings (SSSR count). The summed E-state index contributed by atoms with van der Waals surface area (Å²) in [5, 5.41) is 0. The minimum Gasteiger partial charge on any atom is -0.494 e. The van der Waals surface area contributed by atoms with E-state index >= 15 is 0 Å². The molecule has 0 atom stereocenters. The summed E-state index contributed by atoms with van der Waals surface area (Å²) in [4.78, 5) is 16.6. The molecule has 0 spiro atoms. The second-order valence-corrected chi connectivity index (χ2v) is 9.93. The van der Waals surface area contributed by atoms with Crippen LogP contribution >= 0.6 is 0 Å². The van der Waals surface area contributed by atoms with E-state index in [1.54, 1.807) is 31.9 Å². The van der Waals surface area contributed by atoms with Crippen molar-refractivity contribution < 1.29 is 9.47 Å². The Labute approximate surface area is 257 Å². The SMILES string of the molecule is CCCCCc1ccc(C#Cc2ncc(OC)cn2)cc1.CCCCCc1ccc(C#Cc2ncc(OCC)cn2)cc1. The maximum Gasteiger partial charge on any atom is 0.205 e. The highest BCUT2D eigenvalue weighted by molar-refractivity contribution is 5.40. The van der Waals surface area contributed by atoms with E-state index < -0.39 is 0 Å². The number of unbranched alkanes of at least 4 members (excludes halogenated alkanes) is 4. The molecule has 0 N–H and O–H groups in total. The monoisotopic (exact) mass is 574 g/mol. The fourth-order valence-corrected chi connectivity index (χ4v) is 4.03. The van der Waals surface area contributed by atoms with Gasteiger partial charge in [-0.3, -0.25) is 0 Å². The highest BCUT2D eigenvalue weighted by Crippen LogP contribution is 2.10. The number of hydrogen-bond donors (Lipinski definition) is 0. The maximum atomic E-state index is 5.30. The Bertz CT molecular complexity index is 1460. The van der Waals surface area contributed by atoms with Crippen molar-refractivity contribution in [3.8, 4) is 35.2 Å². The molecule has 0 saturated carbocycles. The molecule has 0 aliphatic heterocycles. The minimum atomic E-state index is 0.503. The Kier molecular flexibility index (Phi) is 14.8. The number of methoxy groups -OCH3 is 1. The quantitative estimate of drug-likeness (QED) is 0.136. The molecule has 0 radical (unpaired) electrons. The molecule has 0 bridgehead atoms. The van der Waals surface area contributed by atoms with Gasteiger partial charge in [0.25, 0.3) is 0 Å². The first kappa shape index (κ1) is 32.8. The standard InChI is InChI=1S/C19H22N2O.C18H20N2O/c1-3-5-6-7-16-8-10-17(11-9-16)12-13-19-20-14-18(15-21-19)22-4-2;1-3-4-5-6-15-7-9-16(10-8-15)11-12-18-19-13-17(21-2)14-20-18/h8-11,14-15H,3-7H2,1-2H3;7-10,13-14H,3-6H2,1-2H3. The van der Waals surface area contributed by atoms with Crippen LogP contribution in [0.5, 0.6) is 11.5 Å². The van der Waals surface area contributed by atoms with Gasteiger partial charge in [-0.15, -0.1) is 0 Å². The number of ether oxygens (including phenoxy) is 2. The predicted molar refractivity (Wildman–Crippen MR) is 173 cm³/mol. The van der Waals surface area contributed by atoms with Gasteiger partial charge in [0.15, 0.2) is 11.5 Å². The summed E-state index contributed by atoms with van der Waals surface area (Å²) in [6, 6.07) is 16.8. The van der Waals surface area contributed by atoms with Crippen LogP contribution < -0.4 is 9.47 Å². The molecule has 222 valence electrons. The molecule has 43 heavy (non-hydrogen) atoms. The summed E-state index contributed by atoms with van der Waals surface area (Å²) in [7, 11) is 1.59. The second-order valence-electron chi connectivity index (χ2n) is 9.93. The first-order valence-corrected chi connectivity index (χ1v) is 15.2. The van der Waals surface area contributed by atoms with Crippen LogP contribution in [0.2, 0.25) is 0 Å². The zero-order valence-electron chi connectivity index (χ0n) is 25.9. The molecule has 2 aromatic carbocycles. The van der Waals surface area contributed by atoms with Crippen LogP contribution in [0, 0.1) is 23.7 Å². The van der Waals surface area contributed by atoms with Crippen LogP contribution in [-0.2, 0) is 12.8 Å². The lowest BCUT2D eigenvalue weighted by Gasteiger charge is -2.00. The third kappa shape index (κ3) is 12.8. The smallest absolute Gasteiger partial charge is 0.205 e. The molecule has 2 aromatic heterocycles. The van der Waals surface area contributed by atoms with Crippen LogP contribution in [0.25, 0.3) is 0 Å². The number of aromatic nitrogens is 4. The van der Waals surface area contributed by atoms with Crippen LogP contribution in [0.15, 0.2) is 73.3 Å². The summed E-state index contributed by atoms with van der Waals surface area (Å²) in [5.41, 5.74) is 4.71. The van der Waals surface area contributed by atoms with E-state index in [1.807, 2.05) is 6.92 Å². The molecule has 0 amide bonds. The van der Waals surface area contributed by atoms with Gasteiger partial charge in [-0.2, -0.15) is 0 Å². The van der Waals surface area contributed by atoms with Gasteiger partial charge in [-0.1, -0.05) is 75.6 Å². The van der Waals surface area contributed by atoms with Gasteiger partial charge in [-0.05, 0) is 79.8 Å². The van der Waals surface area contributed by atoms with Crippen molar-refractivity contribution in [3.63, 3.8) is 0 Å². The van der Waals surface area contributed by atoms with Gasteiger partial charge in [-0.25, -0.2) is 19.9 Å². The van der Waals surface area contributed by atoms with E-state index in [2.05, 4.69) is 106 Å². The van der Waals surface area contributed by atoms with Crippen LogP contribution in [0.1, 0.15) is 93.2 Å². The second kappa shape index (κ2) is 19.4. The van der Waals surface area contributed by atoms with E-state index in [4.69, 9.17) is 9.47 Å². The average Bonchev–Trinajstić information content (AvgIpc) is 3.05. The molecule has 0 aliphatic carbocycles. The lowest BCUT2D eigenvalue weighted by molar-refractivity contribution is 0.337. The summed E-state index contributed by atoms with van der Waals surface area (Å²) in [6.45, 7) is 6.99. The third-order valence-corrected chi connectivity index (χ3v) is 6.49. The summed E-state index contributed by atoms with van der Waals surface area (Å²) in [5.74, 6) is 14.4. The van der Waals surface area contributed by atoms with Gasteiger partial charge in [0.05, 0.1) is 38.5 Å². The van der Waals surface area contributed by atoms with Gasteiger partial charge in [0.1, 0.15) is 0 Å². The summed E-state index contributed by atoms with van der Waals surface area (Å²) < 4.78 is 10.3. The van der Waals surface area contributed by atoms with Crippen LogP contribution in [0.3, 0.4) is 0 Å². The Morgan fingerprint density at radius 2 is 0.953 bits per heavy atom. The molecule has 6 nitrogen and oxygen atoms in total. The number of aryl methyl sites for hydroxylation is 2.